The Morgan fingerprint density at radius 3 is 2.44 bits per heavy atom. The van der Waals surface area contributed by atoms with Crippen molar-refractivity contribution in [1.29, 1.82) is 0 Å². The van der Waals surface area contributed by atoms with Gasteiger partial charge in [-0.2, -0.15) is 0 Å². The SMILES string of the molecule is CC(C)C#Cc1ccc2nc(Nc3c(Cl)cc([C@H](C)O)cc3Cl)c3cc[nH]c(=O)c3c2c1. The number of fused-ring (bicyclic) bond motifs is 3. The molecule has 0 aliphatic heterocycles. The minimum atomic E-state index is -0.703. The molecule has 0 saturated heterocycles. The summed E-state index contributed by atoms with van der Waals surface area (Å²) < 4.78 is 0. The number of aliphatic hydroxyl groups excluding tert-OH is 1. The van der Waals surface area contributed by atoms with Crippen LogP contribution in [0, 0.1) is 17.8 Å². The second kappa shape index (κ2) is 8.84. The fraction of sp³-hybridized carbons (Fsp3) is 0.200. The van der Waals surface area contributed by atoms with Crippen LogP contribution in [0.3, 0.4) is 0 Å². The van der Waals surface area contributed by atoms with E-state index in [-0.39, 0.29) is 11.5 Å². The molecule has 4 aromatic rings. The van der Waals surface area contributed by atoms with Crippen molar-refractivity contribution in [3.8, 4) is 11.8 Å². The number of rotatable bonds is 3. The standard InChI is InChI=1S/C25H21Cl2N3O2/c1-13(2)4-5-15-6-7-21-18(10-15)22-17(8-9-28-25(22)32)24(29-21)30-23-19(26)11-16(14(3)31)12-20(23)27/h6-14,31H,1-3H3,(H,28,32)(H,29,30)/t14-/m0/s1. The second-order valence-corrected chi connectivity index (χ2v) is 8.69. The number of pyridine rings is 2. The molecule has 1 atom stereocenters. The third-order valence-corrected chi connectivity index (χ3v) is 5.61. The van der Waals surface area contributed by atoms with Gasteiger partial charge in [0.25, 0.3) is 5.56 Å². The van der Waals surface area contributed by atoms with Crippen molar-refractivity contribution >= 4 is 56.4 Å². The van der Waals surface area contributed by atoms with Crippen molar-refractivity contribution in [2.45, 2.75) is 26.9 Å². The van der Waals surface area contributed by atoms with Crippen molar-refractivity contribution in [2.75, 3.05) is 5.32 Å². The molecule has 0 bridgehead atoms. The zero-order chi connectivity index (χ0) is 23.0. The van der Waals surface area contributed by atoms with E-state index < -0.39 is 6.10 Å². The average Bonchev–Trinajstić information content (AvgIpc) is 2.74. The molecule has 0 unspecified atom stereocenters. The van der Waals surface area contributed by atoms with Crippen LogP contribution in [0.15, 0.2) is 47.4 Å². The summed E-state index contributed by atoms with van der Waals surface area (Å²) in [7, 11) is 0. The molecular formula is C25H21Cl2N3O2. The summed E-state index contributed by atoms with van der Waals surface area (Å²) in [5.74, 6) is 6.98. The molecule has 2 aromatic carbocycles. The van der Waals surface area contributed by atoms with Gasteiger partial charge < -0.3 is 15.4 Å². The highest BCUT2D eigenvalue weighted by Gasteiger charge is 2.16. The summed E-state index contributed by atoms with van der Waals surface area (Å²) in [4.78, 5) is 20.3. The van der Waals surface area contributed by atoms with Crippen LogP contribution in [-0.4, -0.2) is 15.1 Å². The van der Waals surface area contributed by atoms with Crippen molar-refractivity contribution < 1.29 is 5.11 Å². The predicted octanol–water partition coefficient (Wildman–Crippen LogP) is 6.19. The Balaban J connectivity index is 1.92. The van der Waals surface area contributed by atoms with Gasteiger partial charge in [-0.25, -0.2) is 4.98 Å². The predicted molar refractivity (Wildman–Crippen MR) is 132 cm³/mol. The summed E-state index contributed by atoms with van der Waals surface area (Å²) >= 11 is 12.9. The molecule has 0 fully saturated rings. The van der Waals surface area contributed by atoms with E-state index >= 15 is 0 Å². The Labute approximate surface area is 195 Å². The first kappa shape index (κ1) is 22.2. The Hall–Kier alpha value is -3.04. The Kier molecular flexibility index (Phi) is 6.12. The summed E-state index contributed by atoms with van der Waals surface area (Å²) in [6, 6.07) is 10.7. The molecule has 162 valence electrons. The zero-order valence-corrected chi connectivity index (χ0v) is 19.3. The average molecular weight is 466 g/mol. The lowest BCUT2D eigenvalue weighted by Gasteiger charge is -2.15. The van der Waals surface area contributed by atoms with Crippen molar-refractivity contribution in [1.82, 2.24) is 9.97 Å². The number of nitrogens with zero attached hydrogens (tertiary/aromatic N) is 1. The number of halogens is 2. The van der Waals surface area contributed by atoms with E-state index in [1.54, 1.807) is 31.3 Å². The maximum Gasteiger partial charge on any atom is 0.256 e. The third kappa shape index (κ3) is 4.31. The minimum Gasteiger partial charge on any atom is -0.389 e. The molecule has 2 heterocycles. The summed E-state index contributed by atoms with van der Waals surface area (Å²) in [5.41, 5.74) is 2.28. The van der Waals surface area contributed by atoms with Gasteiger partial charge in [-0.1, -0.05) is 48.9 Å². The summed E-state index contributed by atoms with van der Waals surface area (Å²) in [5, 5.41) is 15.5. The Bertz CT molecular complexity index is 1440. The van der Waals surface area contributed by atoms with Crippen LogP contribution in [0.2, 0.25) is 10.0 Å². The Morgan fingerprint density at radius 1 is 1.06 bits per heavy atom. The fourth-order valence-electron chi connectivity index (χ4n) is 3.43. The van der Waals surface area contributed by atoms with Gasteiger partial charge in [0.05, 0.1) is 32.7 Å². The maximum absolute atomic E-state index is 12.8. The van der Waals surface area contributed by atoms with Gasteiger partial charge in [-0.15, -0.1) is 0 Å². The quantitative estimate of drug-likeness (QED) is 0.249. The largest absolute Gasteiger partial charge is 0.389 e. The lowest BCUT2D eigenvalue weighted by molar-refractivity contribution is 0.199. The molecule has 7 heteroatoms. The number of nitrogens with one attached hydrogen (secondary N) is 2. The van der Waals surface area contributed by atoms with Crippen LogP contribution in [0.1, 0.15) is 38.0 Å². The highest BCUT2D eigenvalue weighted by atomic mass is 35.5. The number of hydrogen-bond donors (Lipinski definition) is 3. The number of aromatic nitrogens is 2. The number of benzene rings is 2. The number of anilines is 2. The molecule has 2 aromatic heterocycles. The molecular weight excluding hydrogens is 445 g/mol. The van der Waals surface area contributed by atoms with E-state index in [1.165, 1.54) is 0 Å². The van der Waals surface area contributed by atoms with Gasteiger partial charge in [-0.3, -0.25) is 4.79 Å². The summed E-state index contributed by atoms with van der Waals surface area (Å²) in [6.07, 6.45) is 0.871. The van der Waals surface area contributed by atoms with E-state index in [0.29, 0.717) is 48.8 Å². The minimum absolute atomic E-state index is 0.228. The molecule has 3 N–H and O–H groups in total. The number of aliphatic hydroxyl groups is 1. The maximum atomic E-state index is 12.8. The fourth-order valence-corrected chi connectivity index (χ4v) is 4.03. The van der Waals surface area contributed by atoms with Crippen LogP contribution in [-0.2, 0) is 0 Å². The van der Waals surface area contributed by atoms with Crippen molar-refractivity contribution in [3.05, 3.63) is 74.1 Å². The molecule has 0 amide bonds. The van der Waals surface area contributed by atoms with E-state index in [1.807, 2.05) is 32.0 Å². The van der Waals surface area contributed by atoms with Crippen molar-refractivity contribution in [2.24, 2.45) is 5.92 Å². The van der Waals surface area contributed by atoms with Crippen LogP contribution >= 0.6 is 23.2 Å². The van der Waals surface area contributed by atoms with Crippen LogP contribution < -0.4 is 10.9 Å². The first-order chi connectivity index (χ1) is 15.2. The number of aromatic amines is 1. The molecule has 4 rings (SSSR count). The lowest BCUT2D eigenvalue weighted by atomic mass is 10.0. The first-order valence-electron chi connectivity index (χ1n) is 10.2. The van der Waals surface area contributed by atoms with Crippen LogP contribution in [0.4, 0.5) is 11.5 Å². The van der Waals surface area contributed by atoms with E-state index in [9.17, 15) is 9.90 Å². The van der Waals surface area contributed by atoms with Gasteiger partial charge in [0.2, 0.25) is 0 Å². The zero-order valence-electron chi connectivity index (χ0n) is 17.8. The molecule has 0 saturated carbocycles. The van der Waals surface area contributed by atoms with E-state index in [2.05, 4.69) is 22.1 Å². The van der Waals surface area contributed by atoms with Gasteiger partial charge in [-0.05, 0) is 48.9 Å². The molecule has 0 aliphatic carbocycles. The lowest BCUT2D eigenvalue weighted by Crippen LogP contribution is -2.08. The molecule has 0 spiro atoms. The highest BCUT2D eigenvalue weighted by molar-refractivity contribution is 6.39. The third-order valence-electron chi connectivity index (χ3n) is 5.01. The molecule has 0 aliphatic rings. The normalized spacial score (nSPS) is 12.1. The molecule has 0 radical (unpaired) electrons. The molecule has 32 heavy (non-hydrogen) atoms. The van der Waals surface area contributed by atoms with Gasteiger partial charge in [0.15, 0.2) is 0 Å². The van der Waals surface area contributed by atoms with Crippen LogP contribution in [0.25, 0.3) is 21.7 Å². The monoisotopic (exact) mass is 465 g/mol. The summed E-state index contributed by atoms with van der Waals surface area (Å²) in [6.45, 7) is 5.69. The van der Waals surface area contributed by atoms with Gasteiger partial charge in [0, 0.05) is 28.5 Å². The van der Waals surface area contributed by atoms with E-state index in [0.717, 1.165) is 5.56 Å². The topological polar surface area (TPSA) is 78.0 Å². The van der Waals surface area contributed by atoms with E-state index in [4.69, 9.17) is 28.2 Å². The Morgan fingerprint density at radius 2 is 1.78 bits per heavy atom. The second-order valence-electron chi connectivity index (χ2n) is 7.87. The number of H-pyrrole nitrogens is 1. The highest BCUT2D eigenvalue weighted by Crippen LogP contribution is 2.37. The van der Waals surface area contributed by atoms with Gasteiger partial charge >= 0.3 is 0 Å². The van der Waals surface area contributed by atoms with Gasteiger partial charge in [0.1, 0.15) is 5.82 Å². The van der Waals surface area contributed by atoms with Crippen molar-refractivity contribution in [3.63, 3.8) is 0 Å². The molecule has 5 nitrogen and oxygen atoms in total. The smallest absolute Gasteiger partial charge is 0.256 e. The van der Waals surface area contributed by atoms with Crippen LogP contribution in [0.5, 0.6) is 0 Å². The first-order valence-corrected chi connectivity index (χ1v) is 10.9. The number of hydrogen-bond acceptors (Lipinski definition) is 4.